The molecule has 5 rings (SSSR count). The van der Waals surface area contributed by atoms with E-state index in [9.17, 15) is 0 Å². The SMILES string of the molecule is Cc1nc(-c2ccc(-c3ccccc3)o2)n(Cc2ccnc(N3CCN(C)CC3)c2)n1. The lowest BCUT2D eigenvalue weighted by Crippen LogP contribution is -2.44. The molecule has 0 spiro atoms. The van der Waals surface area contributed by atoms with Gasteiger partial charge < -0.3 is 14.2 Å². The number of hydrogen-bond acceptors (Lipinski definition) is 6. The topological polar surface area (TPSA) is 63.2 Å². The van der Waals surface area contributed by atoms with E-state index in [0.717, 1.165) is 60.5 Å². The van der Waals surface area contributed by atoms with Crippen molar-refractivity contribution >= 4 is 5.82 Å². The summed E-state index contributed by atoms with van der Waals surface area (Å²) in [7, 11) is 2.16. The van der Waals surface area contributed by atoms with Crippen molar-refractivity contribution in [2.75, 3.05) is 38.1 Å². The molecular formula is C24H26N6O. The van der Waals surface area contributed by atoms with E-state index < -0.39 is 0 Å². The monoisotopic (exact) mass is 414 g/mol. The van der Waals surface area contributed by atoms with Gasteiger partial charge in [-0.25, -0.2) is 14.6 Å². The van der Waals surface area contributed by atoms with Crippen molar-refractivity contribution in [2.45, 2.75) is 13.5 Å². The predicted octanol–water partition coefficient (Wildman–Crippen LogP) is 3.71. The molecule has 0 aliphatic carbocycles. The highest BCUT2D eigenvalue weighted by atomic mass is 16.3. The van der Waals surface area contributed by atoms with Crippen LogP contribution >= 0.6 is 0 Å². The fraction of sp³-hybridized carbons (Fsp3) is 0.292. The maximum absolute atomic E-state index is 6.13. The normalized spacial score (nSPS) is 14.8. The maximum atomic E-state index is 6.13. The summed E-state index contributed by atoms with van der Waals surface area (Å²) in [6, 6.07) is 18.2. The number of aryl methyl sites for hydroxylation is 1. The van der Waals surface area contributed by atoms with Gasteiger partial charge in [-0.2, -0.15) is 5.10 Å². The first-order valence-corrected chi connectivity index (χ1v) is 10.6. The zero-order valence-corrected chi connectivity index (χ0v) is 17.9. The molecular weight excluding hydrogens is 388 g/mol. The largest absolute Gasteiger partial charge is 0.453 e. The third-order valence-corrected chi connectivity index (χ3v) is 5.63. The third kappa shape index (κ3) is 4.22. The van der Waals surface area contributed by atoms with Crippen LogP contribution in [0.15, 0.2) is 65.2 Å². The molecule has 1 aliphatic rings. The molecule has 3 aromatic heterocycles. The minimum atomic E-state index is 0.612. The number of aromatic nitrogens is 4. The molecule has 4 aromatic rings. The molecule has 158 valence electrons. The van der Waals surface area contributed by atoms with Crippen LogP contribution in [-0.4, -0.2) is 57.9 Å². The summed E-state index contributed by atoms with van der Waals surface area (Å²) in [5.41, 5.74) is 2.19. The molecule has 7 heteroatoms. The summed E-state index contributed by atoms with van der Waals surface area (Å²) in [5.74, 6) is 4.02. The van der Waals surface area contributed by atoms with Gasteiger partial charge in [0.05, 0.1) is 6.54 Å². The molecule has 0 N–H and O–H groups in total. The Morgan fingerprint density at radius 3 is 2.52 bits per heavy atom. The number of likely N-dealkylation sites (N-methyl/N-ethyl adjacent to an activating group) is 1. The number of hydrogen-bond donors (Lipinski definition) is 0. The second-order valence-corrected chi connectivity index (χ2v) is 7.98. The number of anilines is 1. The van der Waals surface area contributed by atoms with E-state index in [2.05, 4.69) is 38.0 Å². The second kappa shape index (κ2) is 8.35. The van der Waals surface area contributed by atoms with Crippen LogP contribution in [0.1, 0.15) is 11.4 Å². The Labute approximate surface area is 182 Å². The zero-order chi connectivity index (χ0) is 21.2. The maximum Gasteiger partial charge on any atom is 0.194 e. The first kappa shape index (κ1) is 19.5. The highest BCUT2D eigenvalue weighted by Gasteiger charge is 2.18. The van der Waals surface area contributed by atoms with Crippen LogP contribution in [0, 0.1) is 6.92 Å². The molecule has 1 fully saturated rings. The van der Waals surface area contributed by atoms with Crippen LogP contribution in [0.3, 0.4) is 0 Å². The fourth-order valence-electron chi connectivity index (χ4n) is 3.90. The van der Waals surface area contributed by atoms with Crippen molar-refractivity contribution in [1.29, 1.82) is 0 Å². The van der Waals surface area contributed by atoms with Gasteiger partial charge in [0, 0.05) is 37.9 Å². The predicted molar refractivity (Wildman–Crippen MR) is 121 cm³/mol. The Hall–Kier alpha value is -3.45. The summed E-state index contributed by atoms with van der Waals surface area (Å²) in [5, 5.41) is 4.62. The first-order chi connectivity index (χ1) is 15.2. The van der Waals surface area contributed by atoms with Gasteiger partial charge in [0.1, 0.15) is 17.4 Å². The Morgan fingerprint density at radius 1 is 0.935 bits per heavy atom. The summed E-state index contributed by atoms with van der Waals surface area (Å²) in [6.07, 6.45) is 1.88. The van der Waals surface area contributed by atoms with E-state index in [1.807, 2.05) is 66.3 Å². The van der Waals surface area contributed by atoms with E-state index in [0.29, 0.717) is 12.3 Å². The van der Waals surface area contributed by atoms with Gasteiger partial charge in [-0.1, -0.05) is 30.3 Å². The van der Waals surface area contributed by atoms with Gasteiger partial charge in [0.15, 0.2) is 11.6 Å². The van der Waals surface area contributed by atoms with Crippen LogP contribution in [0.25, 0.3) is 22.9 Å². The average molecular weight is 415 g/mol. The Kier molecular flexibility index (Phi) is 5.26. The summed E-state index contributed by atoms with van der Waals surface area (Å²) in [6.45, 7) is 6.62. The van der Waals surface area contributed by atoms with E-state index >= 15 is 0 Å². The van der Waals surface area contributed by atoms with Crippen molar-refractivity contribution in [2.24, 2.45) is 0 Å². The molecule has 0 unspecified atom stereocenters. The minimum absolute atomic E-state index is 0.612. The van der Waals surface area contributed by atoms with E-state index in [1.165, 1.54) is 0 Å². The number of nitrogens with zero attached hydrogens (tertiary/aromatic N) is 6. The number of pyridine rings is 1. The molecule has 7 nitrogen and oxygen atoms in total. The molecule has 1 saturated heterocycles. The van der Waals surface area contributed by atoms with Gasteiger partial charge in [-0.05, 0) is 43.8 Å². The lowest BCUT2D eigenvalue weighted by molar-refractivity contribution is 0.312. The van der Waals surface area contributed by atoms with Crippen LogP contribution in [-0.2, 0) is 6.54 Å². The highest BCUT2D eigenvalue weighted by molar-refractivity contribution is 5.61. The van der Waals surface area contributed by atoms with Crippen LogP contribution in [0.2, 0.25) is 0 Å². The lowest BCUT2D eigenvalue weighted by Gasteiger charge is -2.33. The summed E-state index contributed by atoms with van der Waals surface area (Å²) < 4.78 is 8.04. The smallest absolute Gasteiger partial charge is 0.194 e. The standard InChI is InChI=1S/C24H26N6O/c1-18-26-24(22-9-8-21(31-22)20-6-4-3-5-7-20)30(27-18)17-19-10-11-25-23(16-19)29-14-12-28(2)13-15-29/h3-11,16H,12-15,17H2,1-2H3. The first-order valence-electron chi connectivity index (χ1n) is 10.6. The van der Waals surface area contributed by atoms with Crippen molar-refractivity contribution in [3.05, 3.63) is 72.2 Å². The second-order valence-electron chi connectivity index (χ2n) is 7.98. The number of piperazine rings is 1. The molecule has 0 amide bonds. The minimum Gasteiger partial charge on any atom is -0.453 e. The molecule has 1 aromatic carbocycles. The molecule has 1 aliphatic heterocycles. The molecule has 0 saturated carbocycles. The quantitative estimate of drug-likeness (QED) is 0.496. The van der Waals surface area contributed by atoms with E-state index in [4.69, 9.17) is 4.42 Å². The van der Waals surface area contributed by atoms with Crippen LogP contribution in [0.4, 0.5) is 5.82 Å². The lowest BCUT2D eigenvalue weighted by atomic mass is 10.2. The van der Waals surface area contributed by atoms with Gasteiger partial charge in [-0.15, -0.1) is 0 Å². The average Bonchev–Trinajstić information content (AvgIpc) is 3.42. The van der Waals surface area contributed by atoms with Gasteiger partial charge >= 0.3 is 0 Å². The molecule has 0 bridgehead atoms. The summed E-state index contributed by atoms with van der Waals surface area (Å²) >= 11 is 0. The Bertz CT molecular complexity index is 1160. The van der Waals surface area contributed by atoms with Crippen molar-refractivity contribution in [3.8, 4) is 22.9 Å². The van der Waals surface area contributed by atoms with Gasteiger partial charge in [0.25, 0.3) is 0 Å². The van der Waals surface area contributed by atoms with Crippen LogP contribution in [0.5, 0.6) is 0 Å². The Balaban J connectivity index is 1.39. The van der Waals surface area contributed by atoms with Crippen molar-refractivity contribution in [1.82, 2.24) is 24.6 Å². The molecule has 31 heavy (non-hydrogen) atoms. The third-order valence-electron chi connectivity index (χ3n) is 5.63. The van der Waals surface area contributed by atoms with E-state index in [1.54, 1.807) is 0 Å². The molecule has 0 radical (unpaired) electrons. The molecule has 4 heterocycles. The van der Waals surface area contributed by atoms with Gasteiger partial charge in [-0.3, -0.25) is 0 Å². The van der Waals surface area contributed by atoms with E-state index in [-0.39, 0.29) is 0 Å². The van der Waals surface area contributed by atoms with Crippen molar-refractivity contribution < 1.29 is 4.42 Å². The van der Waals surface area contributed by atoms with Gasteiger partial charge in [0.2, 0.25) is 0 Å². The highest BCUT2D eigenvalue weighted by Crippen LogP contribution is 2.28. The zero-order valence-electron chi connectivity index (χ0n) is 17.9. The molecule has 0 atom stereocenters. The Morgan fingerprint density at radius 2 is 1.71 bits per heavy atom. The number of benzene rings is 1. The fourth-order valence-corrected chi connectivity index (χ4v) is 3.90. The van der Waals surface area contributed by atoms with Crippen molar-refractivity contribution in [3.63, 3.8) is 0 Å². The number of rotatable bonds is 5. The number of furan rings is 1. The summed E-state index contributed by atoms with van der Waals surface area (Å²) in [4.78, 5) is 13.9. The van der Waals surface area contributed by atoms with Crippen LogP contribution < -0.4 is 4.90 Å².